The van der Waals surface area contributed by atoms with Crippen LogP contribution < -0.4 is 5.32 Å². The number of thioether (sulfide) groups is 1. The number of aliphatic carboxylic acids is 1. The number of rotatable bonds is 4. The molecule has 0 spiro atoms. The molecule has 0 aliphatic carbocycles. The van der Waals surface area contributed by atoms with Gasteiger partial charge >= 0.3 is 5.97 Å². The number of aromatic nitrogens is 1. The monoisotopic (exact) mass is 317 g/mol. The molecule has 1 aromatic heterocycles. The van der Waals surface area contributed by atoms with Crippen molar-refractivity contribution in [2.24, 2.45) is 5.92 Å². The number of β-lactam (4-membered cyclic amide) rings is 1. The van der Waals surface area contributed by atoms with Crippen LogP contribution in [-0.2, 0) is 9.59 Å². The molecule has 0 aromatic carbocycles. The summed E-state index contributed by atoms with van der Waals surface area (Å²) < 4.78 is 0. The van der Waals surface area contributed by atoms with Gasteiger partial charge in [0, 0.05) is 29.6 Å². The first-order chi connectivity index (χ1) is 10.7. The number of carbonyl (C=O) groups excluding carboxylic acids is 1. The standard InChI is InChI=1S/C15H15N3O3S/c19-14-11-12-8(6-17-11)5-9(13(15(20)21)18(12)14)7-22-10-1-3-16-4-2-10/h1-4,8,11-12,17H,5-7H2,(H,20,21)/t8-,11+,12-/m1/s1. The highest BCUT2D eigenvalue weighted by Gasteiger charge is 2.59. The van der Waals surface area contributed by atoms with E-state index in [0.717, 1.165) is 23.4 Å². The number of carboxylic acids is 1. The molecule has 0 bridgehead atoms. The van der Waals surface area contributed by atoms with E-state index < -0.39 is 5.97 Å². The van der Waals surface area contributed by atoms with Crippen molar-refractivity contribution in [3.63, 3.8) is 0 Å². The maximum atomic E-state index is 12.1. The van der Waals surface area contributed by atoms with E-state index in [1.54, 1.807) is 24.2 Å². The fraction of sp³-hybridized carbons (Fsp3) is 0.400. The van der Waals surface area contributed by atoms with Gasteiger partial charge in [0.1, 0.15) is 11.7 Å². The lowest BCUT2D eigenvalue weighted by molar-refractivity contribution is -0.153. The van der Waals surface area contributed by atoms with Crippen molar-refractivity contribution >= 4 is 23.6 Å². The zero-order chi connectivity index (χ0) is 15.3. The Hall–Kier alpha value is -1.86. The zero-order valence-corrected chi connectivity index (χ0v) is 12.5. The molecule has 3 aliphatic rings. The Kier molecular flexibility index (Phi) is 3.19. The second kappa shape index (κ2) is 5.10. The van der Waals surface area contributed by atoms with E-state index in [9.17, 15) is 14.7 Å². The first kappa shape index (κ1) is 13.8. The lowest BCUT2D eigenvalue weighted by Gasteiger charge is -2.48. The van der Waals surface area contributed by atoms with Crippen LogP contribution in [0.3, 0.4) is 0 Å². The molecule has 2 N–H and O–H groups in total. The molecule has 3 atom stereocenters. The molecule has 2 saturated heterocycles. The van der Waals surface area contributed by atoms with E-state index in [0.29, 0.717) is 11.7 Å². The highest BCUT2D eigenvalue weighted by molar-refractivity contribution is 7.99. The second-order valence-corrected chi connectivity index (χ2v) is 6.83. The van der Waals surface area contributed by atoms with Crippen molar-refractivity contribution < 1.29 is 14.7 Å². The average molecular weight is 317 g/mol. The number of carbonyl (C=O) groups is 2. The van der Waals surface area contributed by atoms with Crippen LogP contribution >= 0.6 is 11.8 Å². The molecule has 2 fully saturated rings. The number of carboxylic acid groups (broad SMARTS) is 1. The summed E-state index contributed by atoms with van der Waals surface area (Å²) in [6, 6.07) is 3.67. The lowest BCUT2D eigenvalue weighted by Crippen LogP contribution is -2.68. The number of hydrogen-bond donors (Lipinski definition) is 2. The minimum atomic E-state index is -0.998. The van der Waals surface area contributed by atoms with E-state index in [1.165, 1.54) is 4.90 Å². The van der Waals surface area contributed by atoms with Crippen LogP contribution in [-0.4, -0.2) is 51.2 Å². The van der Waals surface area contributed by atoms with Gasteiger partial charge in [-0.05, 0) is 30.0 Å². The van der Waals surface area contributed by atoms with Crippen molar-refractivity contribution in [2.45, 2.75) is 23.4 Å². The highest BCUT2D eigenvalue weighted by atomic mass is 32.2. The van der Waals surface area contributed by atoms with Gasteiger partial charge in [-0.1, -0.05) is 0 Å². The van der Waals surface area contributed by atoms with E-state index >= 15 is 0 Å². The Morgan fingerprint density at radius 2 is 2.23 bits per heavy atom. The molecular weight excluding hydrogens is 302 g/mol. The predicted molar refractivity (Wildman–Crippen MR) is 80.2 cm³/mol. The third kappa shape index (κ3) is 1.96. The van der Waals surface area contributed by atoms with E-state index in [1.807, 2.05) is 12.1 Å². The van der Waals surface area contributed by atoms with Gasteiger partial charge in [0.15, 0.2) is 0 Å². The van der Waals surface area contributed by atoms with Gasteiger partial charge in [-0.25, -0.2) is 4.79 Å². The molecule has 6 nitrogen and oxygen atoms in total. The number of pyridine rings is 1. The molecule has 0 saturated carbocycles. The summed E-state index contributed by atoms with van der Waals surface area (Å²) in [6.07, 6.45) is 4.18. The first-order valence-electron chi connectivity index (χ1n) is 7.21. The second-order valence-electron chi connectivity index (χ2n) is 5.78. The summed E-state index contributed by atoms with van der Waals surface area (Å²) in [4.78, 5) is 30.3. The third-order valence-corrected chi connectivity index (χ3v) is 5.67. The maximum Gasteiger partial charge on any atom is 0.352 e. The summed E-state index contributed by atoms with van der Waals surface area (Å²) in [5.74, 6) is -0.180. The number of nitrogens with one attached hydrogen (secondary N) is 1. The third-order valence-electron chi connectivity index (χ3n) is 4.58. The Bertz CT molecular complexity index is 676. The Morgan fingerprint density at radius 3 is 2.95 bits per heavy atom. The van der Waals surface area contributed by atoms with Crippen molar-refractivity contribution in [3.05, 3.63) is 35.8 Å². The summed E-state index contributed by atoms with van der Waals surface area (Å²) in [5, 5.41) is 12.8. The summed E-state index contributed by atoms with van der Waals surface area (Å²) in [6.45, 7) is 0.786. The first-order valence-corrected chi connectivity index (χ1v) is 8.20. The SMILES string of the molecule is O=C(O)C1=C(CSc2ccncc2)C[C@@H]2CN[C@@H]3C(=O)N1[C@H]23. The maximum absolute atomic E-state index is 12.1. The van der Waals surface area contributed by atoms with Crippen molar-refractivity contribution in [2.75, 3.05) is 12.3 Å². The van der Waals surface area contributed by atoms with Crippen LogP contribution in [0.15, 0.2) is 40.7 Å². The molecule has 22 heavy (non-hydrogen) atoms. The van der Waals surface area contributed by atoms with Gasteiger partial charge in [0.05, 0.1) is 6.04 Å². The van der Waals surface area contributed by atoms with Crippen LogP contribution in [0, 0.1) is 5.92 Å². The molecule has 0 unspecified atom stereocenters. The molecule has 114 valence electrons. The molecule has 1 aromatic rings. The Balaban J connectivity index is 1.62. The largest absolute Gasteiger partial charge is 0.477 e. The van der Waals surface area contributed by atoms with Crippen LogP contribution in [0.4, 0.5) is 0 Å². The van der Waals surface area contributed by atoms with Crippen LogP contribution in [0.2, 0.25) is 0 Å². The van der Waals surface area contributed by atoms with Gasteiger partial charge in [-0.3, -0.25) is 14.7 Å². The minimum absolute atomic E-state index is 0.0354. The van der Waals surface area contributed by atoms with Gasteiger partial charge in [0.2, 0.25) is 5.91 Å². The highest BCUT2D eigenvalue weighted by Crippen LogP contribution is 2.44. The molecule has 7 heteroatoms. The number of hydrogen-bond acceptors (Lipinski definition) is 5. The van der Waals surface area contributed by atoms with Crippen LogP contribution in [0.25, 0.3) is 0 Å². The fourth-order valence-corrected chi connectivity index (χ4v) is 4.53. The fourth-order valence-electron chi connectivity index (χ4n) is 3.62. The van der Waals surface area contributed by atoms with Crippen molar-refractivity contribution in [1.82, 2.24) is 15.2 Å². The van der Waals surface area contributed by atoms with Crippen LogP contribution in [0.5, 0.6) is 0 Å². The number of nitrogens with zero attached hydrogens (tertiary/aromatic N) is 2. The summed E-state index contributed by atoms with van der Waals surface area (Å²) >= 11 is 1.58. The topological polar surface area (TPSA) is 82.5 Å². The van der Waals surface area contributed by atoms with Gasteiger partial charge in [-0.2, -0.15) is 0 Å². The molecule has 0 radical (unpaired) electrons. The summed E-state index contributed by atoms with van der Waals surface area (Å²) in [7, 11) is 0. The molecule has 4 heterocycles. The quantitative estimate of drug-likeness (QED) is 0.629. The summed E-state index contributed by atoms with van der Waals surface area (Å²) in [5.41, 5.74) is 1.05. The molecular formula is C15H15N3O3S. The minimum Gasteiger partial charge on any atom is -0.477 e. The van der Waals surface area contributed by atoms with Crippen molar-refractivity contribution in [1.29, 1.82) is 0 Å². The average Bonchev–Trinajstić information content (AvgIpc) is 2.93. The number of amides is 1. The molecule has 4 rings (SSSR count). The van der Waals surface area contributed by atoms with Crippen LogP contribution in [0.1, 0.15) is 6.42 Å². The smallest absolute Gasteiger partial charge is 0.352 e. The van der Waals surface area contributed by atoms with Crippen molar-refractivity contribution in [3.8, 4) is 0 Å². The predicted octanol–water partition coefficient (Wildman–Crippen LogP) is 0.715. The zero-order valence-electron chi connectivity index (χ0n) is 11.7. The van der Waals surface area contributed by atoms with E-state index in [-0.39, 0.29) is 23.7 Å². The molecule has 1 amide bonds. The lowest BCUT2D eigenvalue weighted by atomic mass is 9.80. The normalized spacial score (nSPS) is 29.4. The van der Waals surface area contributed by atoms with Gasteiger partial charge in [-0.15, -0.1) is 11.8 Å². The van der Waals surface area contributed by atoms with E-state index in [2.05, 4.69) is 10.3 Å². The van der Waals surface area contributed by atoms with E-state index in [4.69, 9.17) is 0 Å². The molecule has 3 aliphatic heterocycles. The van der Waals surface area contributed by atoms with Gasteiger partial charge in [0.25, 0.3) is 0 Å². The Morgan fingerprint density at radius 1 is 1.45 bits per heavy atom. The Labute approximate surface area is 131 Å². The van der Waals surface area contributed by atoms with Gasteiger partial charge < -0.3 is 10.4 Å².